The Kier molecular flexibility index (Phi) is 6.68. The summed E-state index contributed by atoms with van der Waals surface area (Å²) in [7, 11) is 0. The maximum atomic E-state index is 13.4. The second-order valence-corrected chi connectivity index (χ2v) is 8.67. The lowest BCUT2D eigenvalue weighted by Crippen LogP contribution is -2.45. The third-order valence-electron chi connectivity index (χ3n) is 6.29. The summed E-state index contributed by atoms with van der Waals surface area (Å²) in [5.41, 5.74) is 4.23. The average Bonchev–Trinajstić information content (AvgIpc) is 3.28. The van der Waals surface area contributed by atoms with Crippen LogP contribution >= 0.6 is 0 Å². The third-order valence-corrected chi connectivity index (χ3v) is 6.29. The molecule has 0 radical (unpaired) electrons. The maximum Gasteiger partial charge on any atom is 0.272 e. The van der Waals surface area contributed by atoms with Crippen molar-refractivity contribution in [3.05, 3.63) is 102 Å². The minimum absolute atomic E-state index is 0.0437. The quantitative estimate of drug-likeness (QED) is 0.554. The molecule has 1 atom stereocenters. The van der Waals surface area contributed by atoms with E-state index >= 15 is 0 Å². The van der Waals surface area contributed by atoms with Crippen LogP contribution in [-0.2, 0) is 11.2 Å². The van der Waals surface area contributed by atoms with Gasteiger partial charge < -0.3 is 10.2 Å². The van der Waals surface area contributed by atoms with Crippen LogP contribution in [0.1, 0.15) is 28.0 Å². The fraction of sp³-hybridized carbons (Fsp3) is 0.250. The molecule has 0 saturated carbocycles. The molecule has 168 valence electrons. The number of amides is 2. The Bertz CT molecular complexity index is 1160. The molecule has 2 heterocycles. The lowest BCUT2D eigenvalue weighted by Gasteiger charge is -2.29. The highest BCUT2D eigenvalue weighted by molar-refractivity contribution is 5.94. The van der Waals surface area contributed by atoms with Crippen LogP contribution in [0.25, 0.3) is 11.1 Å². The Hall–Kier alpha value is -3.73. The Morgan fingerprint density at radius 2 is 1.94 bits per heavy atom. The summed E-state index contributed by atoms with van der Waals surface area (Å²) in [6.07, 6.45) is 4.44. The van der Waals surface area contributed by atoms with Crippen molar-refractivity contribution in [2.45, 2.75) is 19.8 Å². The molecule has 1 aliphatic heterocycles. The zero-order valence-electron chi connectivity index (χ0n) is 19.0. The van der Waals surface area contributed by atoms with E-state index in [0.29, 0.717) is 38.2 Å². The van der Waals surface area contributed by atoms with Crippen LogP contribution < -0.4 is 5.32 Å². The number of hydrogen-bond donors (Lipinski definition) is 1. The van der Waals surface area contributed by atoms with Crippen LogP contribution in [-0.4, -0.2) is 41.3 Å². The number of benzene rings is 2. The van der Waals surface area contributed by atoms with Gasteiger partial charge in [-0.3, -0.25) is 14.6 Å². The molecule has 3 aromatic rings. The van der Waals surface area contributed by atoms with Gasteiger partial charge in [0.1, 0.15) is 5.69 Å². The van der Waals surface area contributed by atoms with Crippen LogP contribution in [0, 0.1) is 12.3 Å². The van der Waals surface area contributed by atoms with Crippen molar-refractivity contribution < 1.29 is 9.59 Å². The van der Waals surface area contributed by atoms with Crippen LogP contribution in [0.15, 0.2) is 85.6 Å². The first-order valence-corrected chi connectivity index (χ1v) is 11.3. The second kappa shape index (κ2) is 9.82. The van der Waals surface area contributed by atoms with Gasteiger partial charge in [-0.15, -0.1) is 6.58 Å². The molecule has 1 unspecified atom stereocenters. The van der Waals surface area contributed by atoms with E-state index in [1.165, 1.54) is 5.56 Å². The standard InChI is InChI=1S/C28H29N3O2/c1-3-15-30-27(33)28(14-17-31(20-28)26(32)25-13-6-7-16-29-25)19-23-10-4-5-12-24(23)22-11-8-9-21(2)18-22/h3-13,16,18H,1,14-15,17,19-20H2,2H3,(H,30,33). The summed E-state index contributed by atoms with van der Waals surface area (Å²) in [6, 6.07) is 21.9. The molecule has 1 N–H and O–H groups in total. The van der Waals surface area contributed by atoms with Crippen molar-refractivity contribution >= 4 is 11.8 Å². The van der Waals surface area contributed by atoms with Gasteiger partial charge in [-0.05, 0) is 48.6 Å². The molecule has 1 saturated heterocycles. The number of aromatic nitrogens is 1. The number of carbonyl (C=O) groups is 2. The van der Waals surface area contributed by atoms with E-state index in [2.05, 4.69) is 60.2 Å². The largest absolute Gasteiger partial charge is 0.352 e. The van der Waals surface area contributed by atoms with E-state index in [-0.39, 0.29) is 11.8 Å². The monoisotopic (exact) mass is 439 g/mol. The van der Waals surface area contributed by atoms with Gasteiger partial charge in [-0.25, -0.2) is 0 Å². The number of carbonyl (C=O) groups excluding carboxylic acids is 2. The van der Waals surface area contributed by atoms with E-state index in [1.807, 2.05) is 12.1 Å². The minimum atomic E-state index is -0.715. The van der Waals surface area contributed by atoms with Gasteiger partial charge in [0.05, 0.1) is 5.41 Å². The first-order valence-electron chi connectivity index (χ1n) is 11.3. The summed E-state index contributed by atoms with van der Waals surface area (Å²) in [4.78, 5) is 32.5. The Balaban J connectivity index is 1.66. The zero-order valence-corrected chi connectivity index (χ0v) is 19.0. The van der Waals surface area contributed by atoms with Crippen molar-refractivity contribution in [1.29, 1.82) is 0 Å². The van der Waals surface area contributed by atoms with Crippen LogP contribution in [0.5, 0.6) is 0 Å². The minimum Gasteiger partial charge on any atom is -0.352 e. The molecule has 1 fully saturated rings. The van der Waals surface area contributed by atoms with Crippen molar-refractivity contribution in [3.8, 4) is 11.1 Å². The molecule has 1 aliphatic rings. The van der Waals surface area contributed by atoms with Crippen molar-refractivity contribution in [2.24, 2.45) is 5.41 Å². The molecule has 2 amide bonds. The highest BCUT2D eigenvalue weighted by atomic mass is 16.2. The third kappa shape index (κ3) is 4.87. The van der Waals surface area contributed by atoms with E-state index < -0.39 is 5.41 Å². The van der Waals surface area contributed by atoms with Gasteiger partial charge >= 0.3 is 0 Å². The first kappa shape index (κ1) is 22.5. The topological polar surface area (TPSA) is 62.3 Å². The normalized spacial score (nSPS) is 17.5. The fourth-order valence-electron chi connectivity index (χ4n) is 4.59. The molecule has 5 heteroatoms. The number of aryl methyl sites for hydroxylation is 1. The summed E-state index contributed by atoms with van der Waals surface area (Å²) in [5, 5.41) is 2.99. The molecule has 5 nitrogen and oxygen atoms in total. The lowest BCUT2D eigenvalue weighted by molar-refractivity contribution is -0.130. The first-order chi connectivity index (χ1) is 16.0. The van der Waals surface area contributed by atoms with Crippen LogP contribution in [0.2, 0.25) is 0 Å². The number of hydrogen-bond acceptors (Lipinski definition) is 3. The molecule has 4 rings (SSSR count). The van der Waals surface area contributed by atoms with Gasteiger partial charge in [0, 0.05) is 25.8 Å². The Morgan fingerprint density at radius 3 is 2.70 bits per heavy atom. The van der Waals surface area contributed by atoms with E-state index in [4.69, 9.17) is 0 Å². The predicted octanol–water partition coefficient (Wildman–Crippen LogP) is 4.43. The van der Waals surface area contributed by atoms with Gasteiger partial charge in [0.2, 0.25) is 5.91 Å². The predicted molar refractivity (Wildman–Crippen MR) is 131 cm³/mol. The molecule has 0 bridgehead atoms. The van der Waals surface area contributed by atoms with Crippen molar-refractivity contribution in [3.63, 3.8) is 0 Å². The average molecular weight is 440 g/mol. The van der Waals surface area contributed by atoms with Gasteiger partial charge in [0.25, 0.3) is 5.91 Å². The Labute approximate surface area is 195 Å². The number of pyridine rings is 1. The molecule has 0 aliphatic carbocycles. The molecular weight excluding hydrogens is 410 g/mol. The molecular formula is C28H29N3O2. The van der Waals surface area contributed by atoms with Gasteiger partial charge in [-0.1, -0.05) is 66.2 Å². The van der Waals surface area contributed by atoms with Gasteiger partial charge in [0.15, 0.2) is 0 Å². The van der Waals surface area contributed by atoms with Crippen LogP contribution in [0.3, 0.4) is 0 Å². The molecule has 33 heavy (non-hydrogen) atoms. The number of nitrogens with zero attached hydrogens (tertiary/aromatic N) is 2. The molecule has 0 spiro atoms. The SMILES string of the molecule is C=CCNC(=O)C1(Cc2ccccc2-c2cccc(C)c2)CCN(C(=O)c2ccccn2)C1. The molecule has 1 aromatic heterocycles. The van der Waals surface area contributed by atoms with E-state index in [1.54, 1.807) is 35.4 Å². The number of rotatable bonds is 7. The van der Waals surface area contributed by atoms with Crippen molar-refractivity contribution in [1.82, 2.24) is 15.2 Å². The number of likely N-dealkylation sites (tertiary alicyclic amines) is 1. The van der Waals surface area contributed by atoms with E-state index in [0.717, 1.165) is 16.7 Å². The Morgan fingerprint density at radius 1 is 1.12 bits per heavy atom. The summed E-state index contributed by atoms with van der Waals surface area (Å²) in [5.74, 6) is -0.182. The lowest BCUT2D eigenvalue weighted by atomic mass is 9.78. The number of nitrogens with one attached hydrogen (secondary N) is 1. The highest BCUT2D eigenvalue weighted by Gasteiger charge is 2.46. The van der Waals surface area contributed by atoms with Crippen molar-refractivity contribution in [2.75, 3.05) is 19.6 Å². The second-order valence-electron chi connectivity index (χ2n) is 8.67. The smallest absolute Gasteiger partial charge is 0.272 e. The van der Waals surface area contributed by atoms with Gasteiger partial charge in [-0.2, -0.15) is 0 Å². The summed E-state index contributed by atoms with van der Waals surface area (Å²) in [6.45, 7) is 7.07. The summed E-state index contributed by atoms with van der Waals surface area (Å²) < 4.78 is 0. The summed E-state index contributed by atoms with van der Waals surface area (Å²) >= 11 is 0. The maximum absolute atomic E-state index is 13.4. The fourth-order valence-corrected chi connectivity index (χ4v) is 4.59. The highest BCUT2D eigenvalue weighted by Crippen LogP contribution is 2.38. The van der Waals surface area contributed by atoms with Crippen LogP contribution in [0.4, 0.5) is 0 Å². The zero-order chi connectivity index (χ0) is 23.3. The molecule has 2 aromatic carbocycles. The van der Waals surface area contributed by atoms with E-state index in [9.17, 15) is 9.59 Å².